The van der Waals surface area contributed by atoms with Gasteiger partial charge in [-0.3, -0.25) is 9.36 Å². The minimum atomic E-state index is -0.567. The van der Waals surface area contributed by atoms with E-state index in [1.54, 1.807) is 11.5 Å². The maximum absolute atomic E-state index is 13.5. The average Bonchev–Trinajstić information content (AvgIpc) is 3.47. The number of thiazole rings is 1. The first kappa shape index (κ1) is 21.3. The Hall–Kier alpha value is -3.55. The van der Waals surface area contributed by atoms with Gasteiger partial charge in [0.15, 0.2) is 4.80 Å². The smallest absolute Gasteiger partial charge is 0.338 e. The van der Waals surface area contributed by atoms with Crippen LogP contribution in [0.2, 0.25) is 0 Å². The number of aromatic nitrogens is 1. The monoisotopic (exact) mass is 472 g/mol. The van der Waals surface area contributed by atoms with Gasteiger partial charge in [0.2, 0.25) is 0 Å². The van der Waals surface area contributed by atoms with Crippen molar-refractivity contribution in [2.75, 3.05) is 0 Å². The van der Waals surface area contributed by atoms with Crippen LogP contribution in [0.5, 0.6) is 0 Å². The van der Waals surface area contributed by atoms with Gasteiger partial charge in [-0.25, -0.2) is 9.79 Å². The van der Waals surface area contributed by atoms with E-state index in [1.165, 1.54) is 22.7 Å². The Labute approximate surface area is 198 Å². The molecule has 2 aromatic heterocycles. The zero-order chi connectivity index (χ0) is 22.8. The molecule has 0 radical (unpaired) electrons. The van der Waals surface area contributed by atoms with Gasteiger partial charge in [0.25, 0.3) is 5.56 Å². The molecule has 7 heteroatoms. The SMILES string of the molecule is CC1=C(C(=O)OCc2ccccc2)C(c2cccs2)n2c(s/c(=C/c3ccccc3)c2=O)=N1. The molecule has 3 heterocycles. The fraction of sp³-hybridized carbons (Fsp3) is 0.115. The van der Waals surface area contributed by atoms with Gasteiger partial charge in [-0.15, -0.1) is 11.3 Å². The zero-order valence-electron chi connectivity index (χ0n) is 17.8. The molecule has 0 spiro atoms. The standard InChI is InChI=1S/C26H20N2O3S2/c1-17-22(25(30)31-16-19-11-6-3-7-12-19)23(20-13-8-14-32-20)28-24(29)21(33-26(28)27-17)15-18-9-4-2-5-10-18/h2-15,23H,16H2,1H3/b21-15+. The van der Waals surface area contributed by atoms with Crippen molar-refractivity contribution in [2.45, 2.75) is 19.6 Å². The minimum absolute atomic E-state index is 0.159. The van der Waals surface area contributed by atoms with E-state index >= 15 is 0 Å². The number of thiophene rings is 1. The quantitative estimate of drug-likeness (QED) is 0.412. The second-order valence-electron chi connectivity index (χ2n) is 7.57. The van der Waals surface area contributed by atoms with Crippen LogP contribution in [0.25, 0.3) is 6.08 Å². The molecular formula is C26H20N2O3S2. The van der Waals surface area contributed by atoms with Gasteiger partial charge in [0.1, 0.15) is 12.6 Å². The van der Waals surface area contributed by atoms with E-state index in [0.29, 0.717) is 20.6 Å². The van der Waals surface area contributed by atoms with E-state index < -0.39 is 12.0 Å². The summed E-state index contributed by atoms with van der Waals surface area (Å²) in [4.78, 5) is 32.8. The highest BCUT2D eigenvalue weighted by atomic mass is 32.1. The van der Waals surface area contributed by atoms with Crippen LogP contribution in [0, 0.1) is 0 Å². The second kappa shape index (κ2) is 9.13. The van der Waals surface area contributed by atoms with Crippen molar-refractivity contribution in [1.82, 2.24) is 4.57 Å². The molecule has 0 bridgehead atoms. The van der Waals surface area contributed by atoms with Gasteiger partial charge in [0.05, 0.1) is 15.8 Å². The van der Waals surface area contributed by atoms with E-state index in [4.69, 9.17) is 4.74 Å². The predicted molar refractivity (Wildman–Crippen MR) is 131 cm³/mol. The first-order chi connectivity index (χ1) is 16.1. The summed E-state index contributed by atoms with van der Waals surface area (Å²) in [5, 5.41) is 1.94. The Kier molecular flexibility index (Phi) is 5.90. The summed E-state index contributed by atoms with van der Waals surface area (Å²) in [6.45, 7) is 1.96. The molecule has 0 N–H and O–H groups in total. The molecule has 1 unspecified atom stereocenters. The fourth-order valence-electron chi connectivity index (χ4n) is 3.80. The summed E-state index contributed by atoms with van der Waals surface area (Å²) in [6.07, 6.45) is 1.86. The van der Waals surface area contributed by atoms with Crippen LogP contribution >= 0.6 is 22.7 Å². The van der Waals surface area contributed by atoms with Crippen molar-refractivity contribution in [3.63, 3.8) is 0 Å². The number of hydrogen-bond acceptors (Lipinski definition) is 6. The van der Waals surface area contributed by atoms with E-state index in [-0.39, 0.29) is 12.2 Å². The van der Waals surface area contributed by atoms with Crippen LogP contribution in [0.15, 0.2) is 99.2 Å². The van der Waals surface area contributed by atoms with E-state index in [1.807, 2.05) is 84.3 Å². The Balaban J connectivity index is 1.59. The molecule has 0 aliphatic carbocycles. The molecule has 33 heavy (non-hydrogen) atoms. The lowest BCUT2D eigenvalue weighted by Gasteiger charge is -2.23. The number of allylic oxidation sites excluding steroid dienone is 1. The lowest BCUT2D eigenvalue weighted by atomic mass is 10.0. The number of benzene rings is 2. The molecule has 1 aliphatic rings. The van der Waals surface area contributed by atoms with Crippen LogP contribution in [0.1, 0.15) is 29.0 Å². The number of carbonyl (C=O) groups excluding carboxylic acids is 1. The largest absolute Gasteiger partial charge is 0.457 e. The molecule has 0 saturated carbocycles. The summed E-state index contributed by atoms with van der Waals surface area (Å²) in [5.41, 5.74) is 2.64. The summed E-state index contributed by atoms with van der Waals surface area (Å²) in [6, 6.07) is 22.5. The van der Waals surface area contributed by atoms with Crippen molar-refractivity contribution >= 4 is 34.7 Å². The van der Waals surface area contributed by atoms with Gasteiger partial charge in [-0.2, -0.15) is 0 Å². The minimum Gasteiger partial charge on any atom is -0.457 e. The number of nitrogens with zero attached hydrogens (tertiary/aromatic N) is 2. The number of ether oxygens (including phenoxy) is 1. The summed E-state index contributed by atoms with van der Waals surface area (Å²) >= 11 is 2.84. The maximum Gasteiger partial charge on any atom is 0.338 e. The predicted octanol–water partition coefficient (Wildman–Crippen LogP) is 4.04. The van der Waals surface area contributed by atoms with Gasteiger partial charge in [0, 0.05) is 4.88 Å². The summed E-state index contributed by atoms with van der Waals surface area (Å²) in [5.74, 6) is -0.462. The Morgan fingerprint density at radius 1 is 1.06 bits per heavy atom. The van der Waals surface area contributed by atoms with Crippen LogP contribution in [-0.2, 0) is 16.1 Å². The highest BCUT2D eigenvalue weighted by molar-refractivity contribution is 7.10. The first-order valence-electron chi connectivity index (χ1n) is 10.4. The molecular weight excluding hydrogens is 452 g/mol. The van der Waals surface area contributed by atoms with Crippen molar-refractivity contribution in [3.05, 3.63) is 125 Å². The van der Waals surface area contributed by atoms with Crippen LogP contribution in [-0.4, -0.2) is 10.5 Å². The van der Waals surface area contributed by atoms with Gasteiger partial charge >= 0.3 is 5.97 Å². The third-order valence-corrected chi connectivity index (χ3v) is 7.27. The summed E-state index contributed by atoms with van der Waals surface area (Å²) < 4.78 is 7.85. The highest BCUT2D eigenvalue weighted by Crippen LogP contribution is 2.33. The molecule has 0 saturated heterocycles. The van der Waals surface area contributed by atoms with E-state index in [0.717, 1.165) is 16.0 Å². The highest BCUT2D eigenvalue weighted by Gasteiger charge is 2.34. The normalized spacial score (nSPS) is 15.8. The fourth-order valence-corrected chi connectivity index (χ4v) is 5.67. The molecule has 5 nitrogen and oxygen atoms in total. The third kappa shape index (κ3) is 4.25. The van der Waals surface area contributed by atoms with Crippen molar-refractivity contribution in [2.24, 2.45) is 4.99 Å². The van der Waals surface area contributed by atoms with Crippen LogP contribution in [0.4, 0.5) is 0 Å². The topological polar surface area (TPSA) is 60.7 Å². The lowest BCUT2D eigenvalue weighted by molar-refractivity contribution is -0.140. The number of fused-ring (bicyclic) bond motifs is 1. The zero-order valence-corrected chi connectivity index (χ0v) is 19.4. The third-order valence-electron chi connectivity index (χ3n) is 5.36. The molecule has 0 amide bonds. The summed E-state index contributed by atoms with van der Waals surface area (Å²) in [7, 11) is 0. The van der Waals surface area contributed by atoms with E-state index in [2.05, 4.69) is 4.99 Å². The van der Waals surface area contributed by atoms with Crippen molar-refractivity contribution < 1.29 is 9.53 Å². The van der Waals surface area contributed by atoms with Crippen molar-refractivity contribution in [1.29, 1.82) is 0 Å². The molecule has 164 valence electrons. The molecule has 1 atom stereocenters. The number of rotatable bonds is 5. The average molecular weight is 473 g/mol. The molecule has 2 aromatic carbocycles. The second-order valence-corrected chi connectivity index (χ2v) is 9.56. The molecule has 1 aliphatic heterocycles. The number of carbonyl (C=O) groups is 1. The Morgan fingerprint density at radius 3 is 2.48 bits per heavy atom. The Morgan fingerprint density at radius 2 is 1.79 bits per heavy atom. The number of hydrogen-bond donors (Lipinski definition) is 0. The van der Waals surface area contributed by atoms with Gasteiger partial charge < -0.3 is 4.74 Å². The van der Waals surface area contributed by atoms with Gasteiger partial charge in [-0.1, -0.05) is 78.1 Å². The maximum atomic E-state index is 13.5. The van der Waals surface area contributed by atoms with Crippen molar-refractivity contribution in [3.8, 4) is 0 Å². The number of esters is 1. The van der Waals surface area contributed by atoms with Crippen LogP contribution in [0.3, 0.4) is 0 Å². The molecule has 0 fully saturated rings. The Bertz CT molecular complexity index is 1500. The molecule has 5 rings (SSSR count). The van der Waals surface area contributed by atoms with Crippen LogP contribution < -0.4 is 14.9 Å². The van der Waals surface area contributed by atoms with Gasteiger partial charge in [-0.05, 0) is 35.6 Å². The molecule has 4 aromatic rings. The van der Waals surface area contributed by atoms with E-state index in [9.17, 15) is 9.59 Å². The first-order valence-corrected chi connectivity index (χ1v) is 12.1. The lowest BCUT2D eigenvalue weighted by Crippen LogP contribution is -2.39.